The van der Waals surface area contributed by atoms with E-state index in [2.05, 4.69) is 47.8 Å². The fourth-order valence-corrected chi connectivity index (χ4v) is 7.94. The van der Waals surface area contributed by atoms with Crippen molar-refractivity contribution < 1.29 is 24.2 Å². The minimum absolute atomic E-state index is 0.0475. The molecule has 0 aromatic heterocycles. The SMILES string of the molecule is C=CCN(C)C(=O)[C@@H]1[C@H]2C(=O)N([C@@H](CC)CO)C(C(=O)N(CC=C)C(C)(C)CC(C)(C)C)C23CC[C@@]1(CC)O3. The Kier molecular flexibility index (Phi) is 8.84. The van der Waals surface area contributed by atoms with Crippen molar-refractivity contribution in [2.24, 2.45) is 17.3 Å². The molecule has 3 fully saturated rings. The summed E-state index contributed by atoms with van der Waals surface area (Å²) in [6, 6.07) is -1.48. The first-order valence-electron chi connectivity index (χ1n) is 14.5. The lowest BCUT2D eigenvalue weighted by atomic mass is 9.64. The molecule has 220 valence electrons. The monoisotopic (exact) mass is 545 g/mol. The summed E-state index contributed by atoms with van der Waals surface area (Å²) >= 11 is 0. The van der Waals surface area contributed by atoms with Crippen molar-refractivity contribution in [1.82, 2.24) is 14.7 Å². The number of hydrogen-bond acceptors (Lipinski definition) is 5. The highest BCUT2D eigenvalue weighted by atomic mass is 16.5. The quantitative estimate of drug-likeness (QED) is 0.377. The largest absolute Gasteiger partial charge is 0.394 e. The van der Waals surface area contributed by atoms with Crippen molar-refractivity contribution >= 4 is 17.7 Å². The Labute approximate surface area is 235 Å². The van der Waals surface area contributed by atoms with Gasteiger partial charge in [-0.05, 0) is 51.4 Å². The lowest BCUT2D eigenvalue weighted by Gasteiger charge is -2.46. The van der Waals surface area contributed by atoms with Crippen molar-refractivity contribution in [3.8, 4) is 0 Å². The van der Waals surface area contributed by atoms with Crippen LogP contribution in [0.2, 0.25) is 0 Å². The van der Waals surface area contributed by atoms with Gasteiger partial charge in [-0.3, -0.25) is 14.4 Å². The van der Waals surface area contributed by atoms with Crippen LogP contribution in [-0.2, 0) is 19.1 Å². The fraction of sp³-hybridized carbons (Fsp3) is 0.774. The number of nitrogens with zero attached hydrogens (tertiary/aromatic N) is 3. The summed E-state index contributed by atoms with van der Waals surface area (Å²) < 4.78 is 6.91. The molecule has 8 heteroatoms. The molecule has 0 aromatic carbocycles. The van der Waals surface area contributed by atoms with Gasteiger partial charge in [0.25, 0.3) is 0 Å². The molecular weight excluding hydrogens is 494 g/mol. The molecule has 3 amide bonds. The van der Waals surface area contributed by atoms with Crippen molar-refractivity contribution in [1.29, 1.82) is 0 Å². The number of ether oxygens (including phenoxy) is 1. The third-order valence-electron chi connectivity index (χ3n) is 9.24. The maximum atomic E-state index is 14.8. The van der Waals surface area contributed by atoms with Crippen molar-refractivity contribution in [3.63, 3.8) is 0 Å². The number of likely N-dealkylation sites (tertiary alicyclic amines) is 1. The maximum Gasteiger partial charge on any atom is 0.249 e. The minimum Gasteiger partial charge on any atom is -0.394 e. The number of rotatable bonds is 12. The minimum atomic E-state index is -1.13. The van der Waals surface area contributed by atoms with E-state index in [1.54, 1.807) is 29.0 Å². The van der Waals surface area contributed by atoms with Crippen molar-refractivity contribution in [2.75, 3.05) is 26.7 Å². The van der Waals surface area contributed by atoms with E-state index in [0.717, 1.165) is 6.42 Å². The van der Waals surface area contributed by atoms with Gasteiger partial charge in [-0.1, -0.05) is 46.8 Å². The molecular formula is C31H51N3O5. The molecule has 1 N–H and O–H groups in total. The van der Waals surface area contributed by atoms with Crippen LogP contribution in [0.3, 0.4) is 0 Å². The van der Waals surface area contributed by atoms with Gasteiger partial charge in [-0.15, -0.1) is 13.2 Å². The van der Waals surface area contributed by atoms with E-state index in [0.29, 0.717) is 38.8 Å². The van der Waals surface area contributed by atoms with Crippen molar-refractivity contribution in [2.45, 2.75) is 109 Å². The van der Waals surface area contributed by atoms with Crippen LogP contribution in [0.4, 0.5) is 0 Å². The van der Waals surface area contributed by atoms with Crippen LogP contribution in [0.25, 0.3) is 0 Å². The topological polar surface area (TPSA) is 90.4 Å². The molecule has 0 aliphatic carbocycles. The van der Waals surface area contributed by atoms with Gasteiger partial charge in [-0.2, -0.15) is 0 Å². The van der Waals surface area contributed by atoms with Gasteiger partial charge in [0.1, 0.15) is 11.6 Å². The van der Waals surface area contributed by atoms with Crippen LogP contribution in [0.15, 0.2) is 25.3 Å². The standard InChI is InChI=1S/C31H51N3O5/c1-11-17-32(10)25(36)22-23-26(37)34(21(13-3)19-35)24(31(23)16-15-30(22,14-4)39-31)27(38)33(18-12-2)29(8,9)20-28(5,6)7/h11-12,21-24,35H,1-2,13-20H2,3-10H3/t21-,22-,23-,24?,30+,31?/m0/s1. The number of carbonyl (C=O) groups excluding carboxylic acids is 3. The predicted octanol–water partition coefficient (Wildman–Crippen LogP) is 3.79. The van der Waals surface area contributed by atoms with E-state index >= 15 is 0 Å². The van der Waals surface area contributed by atoms with Gasteiger partial charge in [0.15, 0.2) is 0 Å². The average molecular weight is 546 g/mol. The summed E-state index contributed by atoms with van der Waals surface area (Å²) in [5, 5.41) is 10.4. The van der Waals surface area contributed by atoms with Gasteiger partial charge in [0.2, 0.25) is 17.7 Å². The molecule has 3 aliphatic rings. The number of hydrogen-bond donors (Lipinski definition) is 1. The molecule has 3 aliphatic heterocycles. The predicted molar refractivity (Wildman–Crippen MR) is 153 cm³/mol. The molecule has 1 spiro atoms. The van der Waals surface area contributed by atoms with Crippen LogP contribution in [-0.4, -0.2) is 93.1 Å². The molecule has 8 nitrogen and oxygen atoms in total. The Morgan fingerprint density at radius 3 is 2.23 bits per heavy atom. The van der Waals surface area contributed by atoms with E-state index < -0.39 is 40.7 Å². The Hall–Kier alpha value is -2.19. The summed E-state index contributed by atoms with van der Waals surface area (Å²) in [6.45, 7) is 22.5. The Morgan fingerprint density at radius 2 is 1.74 bits per heavy atom. The average Bonchev–Trinajstić information content (AvgIpc) is 3.45. The number of aliphatic hydroxyl groups is 1. The summed E-state index contributed by atoms with van der Waals surface area (Å²) in [5.74, 6) is -2.09. The maximum absolute atomic E-state index is 14.8. The second-order valence-corrected chi connectivity index (χ2v) is 13.6. The molecule has 2 unspecified atom stereocenters. The lowest BCUT2D eigenvalue weighted by molar-refractivity contribution is -0.161. The molecule has 3 saturated heterocycles. The first-order chi connectivity index (χ1) is 18.1. The van der Waals surface area contributed by atoms with Crippen molar-refractivity contribution in [3.05, 3.63) is 25.3 Å². The van der Waals surface area contributed by atoms with E-state index in [9.17, 15) is 19.5 Å². The number of amides is 3. The highest BCUT2D eigenvalue weighted by Gasteiger charge is 2.79. The molecule has 3 rings (SSSR count). The van der Waals surface area contributed by atoms with Gasteiger partial charge >= 0.3 is 0 Å². The number of carbonyl (C=O) groups is 3. The summed E-state index contributed by atoms with van der Waals surface area (Å²) in [4.78, 5) is 48.1. The van der Waals surface area contributed by atoms with Gasteiger partial charge in [0, 0.05) is 25.7 Å². The Balaban J connectivity index is 2.20. The van der Waals surface area contributed by atoms with Gasteiger partial charge in [-0.25, -0.2) is 0 Å². The van der Waals surface area contributed by atoms with Crippen LogP contribution < -0.4 is 0 Å². The van der Waals surface area contributed by atoms with Gasteiger partial charge < -0.3 is 24.5 Å². The third kappa shape index (κ3) is 5.08. The molecule has 3 heterocycles. The molecule has 0 aromatic rings. The first kappa shape index (κ1) is 31.3. The number of fused-ring (bicyclic) bond motifs is 1. The fourth-order valence-electron chi connectivity index (χ4n) is 7.94. The summed E-state index contributed by atoms with van der Waals surface area (Å²) in [6.07, 6.45) is 6.30. The Bertz CT molecular complexity index is 983. The van der Waals surface area contributed by atoms with E-state index in [4.69, 9.17) is 4.74 Å². The lowest BCUT2D eigenvalue weighted by Crippen LogP contribution is -2.62. The van der Waals surface area contributed by atoms with Crippen LogP contribution in [0.1, 0.15) is 80.6 Å². The first-order valence-corrected chi connectivity index (χ1v) is 14.5. The van der Waals surface area contributed by atoms with Gasteiger partial charge in [0.05, 0.1) is 30.1 Å². The molecule has 2 bridgehead atoms. The second kappa shape index (κ2) is 11.0. The number of aliphatic hydroxyl groups excluding tert-OH is 1. The molecule has 39 heavy (non-hydrogen) atoms. The van der Waals surface area contributed by atoms with Crippen LogP contribution >= 0.6 is 0 Å². The second-order valence-electron chi connectivity index (χ2n) is 13.6. The normalized spacial score (nSPS) is 30.7. The molecule has 0 radical (unpaired) electrons. The zero-order valence-electron chi connectivity index (χ0n) is 25.5. The van der Waals surface area contributed by atoms with E-state index in [1.807, 2.05) is 18.7 Å². The van der Waals surface area contributed by atoms with E-state index in [1.165, 1.54) is 0 Å². The zero-order chi connectivity index (χ0) is 29.6. The highest BCUT2D eigenvalue weighted by molar-refractivity contribution is 5.99. The Morgan fingerprint density at radius 1 is 1.13 bits per heavy atom. The smallest absolute Gasteiger partial charge is 0.249 e. The number of likely N-dealkylation sites (N-methyl/N-ethyl adjacent to an activating group) is 1. The molecule has 6 atom stereocenters. The van der Waals surface area contributed by atoms with Crippen LogP contribution in [0.5, 0.6) is 0 Å². The highest BCUT2D eigenvalue weighted by Crippen LogP contribution is 2.65. The summed E-state index contributed by atoms with van der Waals surface area (Å²) in [5.41, 5.74) is -2.51. The molecule has 0 saturated carbocycles. The zero-order valence-corrected chi connectivity index (χ0v) is 25.5. The summed E-state index contributed by atoms with van der Waals surface area (Å²) in [7, 11) is 1.72. The van der Waals surface area contributed by atoms with Crippen LogP contribution in [0, 0.1) is 17.3 Å². The third-order valence-corrected chi connectivity index (χ3v) is 9.24. The van der Waals surface area contributed by atoms with E-state index in [-0.39, 0.29) is 29.7 Å².